The first-order valence-corrected chi connectivity index (χ1v) is 12.7. The summed E-state index contributed by atoms with van der Waals surface area (Å²) < 4.78 is 0. The Morgan fingerprint density at radius 2 is 2.03 bits per heavy atom. The number of anilines is 3. The number of nitrogens with two attached hydrogens (primary N) is 1. The predicted octanol–water partition coefficient (Wildman–Crippen LogP) is 4.39. The van der Waals surface area contributed by atoms with Crippen LogP contribution in [0.2, 0.25) is 0 Å². The van der Waals surface area contributed by atoms with E-state index < -0.39 is 4.87 Å². The largest absolute Gasteiger partial charge is 0.368 e. The van der Waals surface area contributed by atoms with Gasteiger partial charge >= 0.3 is 0 Å². The van der Waals surface area contributed by atoms with Crippen molar-refractivity contribution in [3.63, 3.8) is 0 Å². The quantitative estimate of drug-likeness (QED) is 0.456. The monoisotopic (exact) mass is 522 g/mol. The Labute approximate surface area is 220 Å². The molecular weight excluding hydrogens is 496 g/mol. The van der Waals surface area contributed by atoms with Crippen molar-refractivity contribution in [2.45, 2.75) is 44.0 Å². The smallest absolute Gasteiger partial charge is 0.261 e. The number of amidine groups is 1. The summed E-state index contributed by atoms with van der Waals surface area (Å²) in [7, 11) is 0. The molecule has 3 aliphatic rings. The van der Waals surface area contributed by atoms with Crippen molar-refractivity contribution in [3.05, 3.63) is 64.8 Å². The number of aliphatic imine (C=N–C) groups is 1. The molecule has 1 aromatic heterocycles. The zero-order chi connectivity index (χ0) is 25.6. The number of nitrogens with zero attached hydrogens (tertiary/aromatic N) is 5. The number of ketones is 1. The maximum atomic E-state index is 14.1. The lowest BCUT2D eigenvalue weighted by atomic mass is 9.86. The summed E-state index contributed by atoms with van der Waals surface area (Å²) in [6.45, 7) is 4.05. The normalized spacial score (nSPS) is 26.1. The van der Waals surface area contributed by atoms with Crippen LogP contribution in [-0.2, 0) is 4.79 Å². The standard InChI is InChI=1S/C26H27ClN6O2S/c1-15-14-32(22-20(16(2)34)13-29-25(28)31-22)26(15,36)24-30-17-8-6-7-11-21(27)19(12-17)23(35)33(24)18-9-4-3-5-10-18/h3-5,7,9-11,13,15,17,36H,6,8,12,14H2,1-2H3,(H2,28,29,31). The van der Waals surface area contributed by atoms with Crippen molar-refractivity contribution in [3.8, 4) is 0 Å². The number of fused-ring (bicyclic) bond motifs is 2. The molecule has 5 rings (SSSR count). The van der Waals surface area contributed by atoms with E-state index >= 15 is 0 Å². The lowest BCUT2D eigenvalue weighted by Gasteiger charge is -2.57. The van der Waals surface area contributed by atoms with Gasteiger partial charge in [0.05, 0.1) is 17.3 Å². The molecule has 1 saturated heterocycles. The van der Waals surface area contributed by atoms with Crippen LogP contribution in [0, 0.1) is 5.92 Å². The SMILES string of the molecule is CC(=O)c1cnc(N)nc1N1CC(C)C1(S)C1=NC2CCC=CC(Cl)=C(C2)C(=O)N1c1ccccc1. The number of aromatic nitrogens is 2. The van der Waals surface area contributed by atoms with Crippen LogP contribution in [0.4, 0.5) is 17.5 Å². The van der Waals surface area contributed by atoms with Gasteiger partial charge in [0.2, 0.25) is 5.95 Å². The minimum atomic E-state index is -1.04. The van der Waals surface area contributed by atoms with Gasteiger partial charge in [-0.05, 0) is 38.0 Å². The molecule has 36 heavy (non-hydrogen) atoms. The van der Waals surface area contributed by atoms with Crippen molar-refractivity contribution >= 4 is 59.2 Å². The van der Waals surface area contributed by atoms with Gasteiger partial charge in [-0.3, -0.25) is 19.5 Å². The summed E-state index contributed by atoms with van der Waals surface area (Å²) in [4.78, 5) is 42.6. The number of halogens is 1. The van der Waals surface area contributed by atoms with Gasteiger partial charge in [0, 0.05) is 35.7 Å². The topological polar surface area (TPSA) is 105 Å². The van der Waals surface area contributed by atoms with E-state index in [2.05, 4.69) is 9.97 Å². The van der Waals surface area contributed by atoms with Gasteiger partial charge in [0.1, 0.15) is 16.5 Å². The van der Waals surface area contributed by atoms with E-state index in [1.807, 2.05) is 48.2 Å². The minimum absolute atomic E-state index is 0.0282. The molecule has 0 radical (unpaired) electrons. The molecule has 2 bridgehead atoms. The van der Waals surface area contributed by atoms with Crippen molar-refractivity contribution < 1.29 is 9.59 Å². The highest BCUT2D eigenvalue weighted by Crippen LogP contribution is 2.47. The van der Waals surface area contributed by atoms with E-state index in [9.17, 15) is 9.59 Å². The maximum Gasteiger partial charge on any atom is 0.261 e. The Morgan fingerprint density at radius 1 is 1.28 bits per heavy atom. The number of amides is 1. The Kier molecular flexibility index (Phi) is 6.38. The molecule has 3 atom stereocenters. The van der Waals surface area contributed by atoms with Gasteiger partial charge in [-0.15, -0.1) is 12.6 Å². The molecule has 186 valence electrons. The van der Waals surface area contributed by atoms with Gasteiger partial charge < -0.3 is 10.6 Å². The fourth-order valence-corrected chi connectivity index (χ4v) is 5.63. The molecule has 0 spiro atoms. The van der Waals surface area contributed by atoms with Gasteiger partial charge in [-0.1, -0.05) is 42.8 Å². The van der Waals surface area contributed by atoms with Crippen LogP contribution in [0.15, 0.2) is 64.3 Å². The Morgan fingerprint density at radius 3 is 2.72 bits per heavy atom. The van der Waals surface area contributed by atoms with Gasteiger partial charge in [-0.25, -0.2) is 4.98 Å². The number of benzene rings is 1. The lowest BCUT2D eigenvalue weighted by molar-refractivity contribution is -0.114. The van der Waals surface area contributed by atoms with Crippen LogP contribution < -0.4 is 15.5 Å². The highest BCUT2D eigenvalue weighted by atomic mass is 35.5. The van der Waals surface area contributed by atoms with E-state index in [1.54, 1.807) is 11.0 Å². The Hall–Kier alpha value is -3.17. The second kappa shape index (κ2) is 9.37. The Balaban J connectivity index is 1.72. The van der Waals surface area contributed by atoms with Crippen LogP contribution in [0.1, 0.15) is 43.5 Å². The van der Waals surface area contributed by atoms with E-state index in [0.29, 0.717) is 46.5 Å². The van der Waals surface area contributed by atoms with Crippen molar-refractivity contribution in [2.75, 3.05) is 22.1 Å². The third kappa shape index (κ3) is 4.00. The Bertz CT molecular complexity index is 1330. The maximum absolute atomic E-state index is 14.1. The third-order valence-corrected chi connectivity index (χ3v) is 8.19. The molecule has 1 aliphatic carbocycles. The second-order valence-electron chi connectivity index (χ2n) is 9.35. The highest BCUT2D eigenvalue weighted by molar-refractivity contribution is 7.83. The number of carbonyl (C=O) groups excluding carboxylic acids is 2. The molecule has 8 nitrogen and oxygen atoms in total. The van der Waals surface area contributed by atoms with Crippen LogP contribution in [0.5, 0.6) is 0 Å². The zero-order valence-corrected chi connectivity index (χ0v) is 21.7. The summed E-state index contributed by atoms with van der Waals surface area (Å²) in [6, 6.07) is 9.21. The molecular formula is C26H27ClN6O2S. The van der Waals surface area contributed by atoms with Crippen molar-refractivity contribution in [1.29, 1.82) is 0 Å². The van der Waals surface area contributed by atoms with E-state index in [4.69, 9.17) is 35.0 Å². The molecule has 3 unspecified atom stereocenters. The first-order valence-electron chi connectivity index (χ1n) is 11.9. The molecule has 2 aliphatic heterocycles. The summed E-state index contributed by atoms with van der Waals surface area (Å²) in [5, 5.41) is 0.427. The number of nitrogen functional groups attached to an aromatic ring is 1. The first-order chi connectivity index (χ1) is 17.2. The second-order valence-corrected chi connectivity index (χ2v) is 10.4. The number of hydrogen-bond acceptors (Lipinski definition) is 8. The van der Waals surface area contributed by atoms with Crippen LogP contribution in [0.3, 0.4) is 0 Å². The number of para-hydroxylation sites is 1. The molecule has 0 saturated carbocycles. The van der Waals surface area contributed by atoms with Crippen LogP contribution >= 0.6 is 24.2 Å². The average molecular weight is 523 g/mol. The molecule has 1 aromatic carbocycles. The highest BCUT2D eigenvalue weighted by Gasteiger charge is 2.57. The molecule has 2 aromatic rings. The van der Waals surface area contributed by atoms with Crippen LogP contribution in [-0.4, -0.2) is 45.0 Å². The molecule has 1 fully saturated rings. The van der Waals surface area contributed by atoms with E-state index in [-0.39, 0.29) is 29.6 Å². The third-order valence-electron chi connectivity index (χ3n) is 6.96. The zero-order valence-electron chi connectivity index (χ0n) is 20.1. The summed E-state index contributed by atoms with van der Waals surface area (Å²) in [5.74, 6) is 0.465. The van der Waals surface area contributed by atoms with Crippen LogP contribution in [0.25, 0.3) is 0 Å². The predicted molar refractivity (Wildman–Crippen MR) is 146 cm³/mol. The van der Waals surface area contributed by atoms with Gasteiger partial charge in [-0.2, -0.15) is 4.98 Å². The summed E-state index contributed by atoms with van der Waals surface area (Å²) >= 11 is 11.8. The van der Waals surface area contributed by atoms with Crippen molar-refractivity contribution in [1.82, 2.24) is 9.97 Å². The summed E-state index contributed by atoms with van der Waals surface area (Å²) in [5.41, 5.74) is 7.44. The molecule has 2 N–H and O–H groups in total. The fourth-order valence-electron chi connectivity index (χ4n) is 4.97. The molecule has 10 heteroatoms. The van der Waals surface area contributed by atoms with Gasteiger partial charge in [0.15, 0.2) is 5.78 Å². The number of hydrogen-bond donors (Lipinski definition) is 2. The van der Waals surface area contributed by atoms with E-state index in [0.717, 1.165) is 12.8 Å². The number of rotatable bonds is 4. The molecule has 3 heterocycles. The fraction of sp³-hybridized carbons (Fsp3) is 0.346. The number of thiol groups is 1. The number of carbonyl (C=O) groups is 2. The molecule has 1 amide bonds. The van der Waals surface area contributed by atoms with E-state index in [1.165, 1.54) is 13.1 Å². The minimum Gasteiger partial charge on any atom is -0.368 e. The van der Waals surface area contributed by atoms with Gasteiger partial charge in [0.25, 0.3) is 5.91 Å². The number of Topliss-reactive ketones (excluding diaryl/α,β-unsaturated/α-hetero) is 1. The summed E-state index contributed by atoms with van der Waals surface area (Å²) in [6.07, 6.45) is 7.21. The first kappa shape index (κ1) is 24.5. The van der Waals surface area contributed by atoms with Crippen molar-refractivity contribution in [2.24, 2.45) is 10.9 Å². The average Bonchev–Trinajstić information content (AvgIpc) is 3.01. The lowest BCUT2D eigenvalue weighted by Crippen LogP contribution is -2.71. The number of allylic oxidation sites excluding steroid dienone is 3.